The van der Waals surface area contributed by atoms with Gasteiger partial charge in [-0.3, -0.25) is 0 Å². The van der Waals surface area contributed by atoms with Crippen LogP contribution in [-0.4, -0.2) is 5.11 Å². The lowest BCUT2D eigenvalue weighted by molar-refractivity contribution is 0.118. The summed E-state index contributed by atoms with van der Waals surface area (Å²) in [4.78, 5) is 0. The van der Waals surface area contributed by atoms with Crippen LogP contribution in [0.1, 0.15) is 42.9 Å². The van der Waals surface area contributed by atoms with Crippen LogP contribution in [0.3, 0.4) is 0 Å². The molecular formula is C13H16ClFO. The first kappa shape index (κ1) is 11.9. The summed E-state index contributed by atoms with van der Waals surface area (Å²) >= 11 is 5.94. The fourth-order valence-electron chi connectivity index (χ4n) is 2.11. The van der Waals surface area contributed by atoms with Gasteiger partial charge in [0.2, 0.25) is 0 Å². The van der Waals surface area contributed by atoms with E-state index >= 15 is 0 Å². The zero-order valence-electron chi connectivity index (χ0n) is 9.34. The topological polar surface area (TPSA) is 20.2 Å². The molecule has 0 bridgehead atoms. The van der Waals surface area contributed by atoms with E-state index in [1.165, 1.54) is 25.3 Å². The zero-order valence-corrected chi connectivity index (χ0v) is 10.1. The van der Waals surface area contributed by atoms with Gasteiger partial charge in [0.05, 0.1) is 6.10 Å². The summed E-state index contributed by atoms with van der Waals surface area (Å²) in [5.41, 5.74) is 1.19. The smallest absolute Gasteiger partial charge is 0.127 e. The monoisotopic (exact) mass is 242 g/mol. The van der Waals surface area contributed by atoms with E-state index in [2.05, 4.69) is 0 Å². The summed E-state index contributed by atoms with van der Waals surface area (Å²) in [5, 5.41) is 10.4. The number of hydrogen-bond donors (Lipinski definition) is 1. The van der Waals surface area contributed by atoms with Gasteiger partial charge in [-0.2, -0.15) is 0 Å². The molecule has 0 saturated heterocycles. The molecule has 16 heavy (non-hydrogen) atoms. The third kappa shape index (κ3) is 2.38. The first-order chi connectivity index (χ1) is 7.58. The third-order valence-corrected chi connectivity index (χ3v) is 3.75. The van der Waals surface area contributed by atoms with Gasteiger partial charge in [-0.1, -0.05) is 30.9 Å². The van der Waals surface area contributed by atoms with Gasteiger partial charge >= 0.3 is 0 Å². The Labute approximate surface area is 100 Å². The molecule has 88 valence electrons. The molecule has 1 aliphatic rings. The summed E-state index contributed by atoms with van der Waals surface area (Å²) < 4.78 is 13.2. The second kappa shape index (κ2) is 4.72. The molecule has 1 N–H and O–H groups in total. The first-order valence-electron chi connectivity index (χ1n) is 5.71. The molecule has 0 spiro atoms. The van der Waals surface area contributed by atoms with Gasteiger partial charge in [-0.05, 0) is 42.5 Å². The third-order valence-electron chi connectivity index (χ3n) is 3.42. The van der Waals surface area contributed by atoms with E-state index in [0.29, 0.717) is 22.1 Å². The second-order valence-corrected chi connectivity index (χ2v) is 5.08. The van der Waals surface area contributed by atoms with E-state index in [9.17, 15) is 9.50 Å². The van der Waals surface area contributed by atoms with Crippen LogP contribution >= 0.6 is 11.6 Å². The Morgan fingerprint density at radius 3 is 2.75 bits per heavy atom. The Morgan fingerprint density at radius 2 is 2.19 bits per heavy atom. The van der Waals surface area contributed by atoms with Gasteiger partial charge in [-0.25, -0.2) is 4.39 Å². The van der Waals surface area contributed by atoms with Crippen molar-refractivity contribution in [1.29, 1.82) is 0 Å². The van der Waals surface area contributed by atoms with E-state index < -0.39 is 6.10 Å². The standard InChI is InChI=1S/C13H16ClFO/c1-8-5-10(11(14)7-12(8)15)13(16)6-9-3-2-4-9/h5,7,9,13,16H,2-4,6H2,1H3. The molecule has 0 heterocycles. The second-order valence-electron chi connectivity index (χ2n) is 4.67. The van der Waals surface area contributed by atoms with Crippen molar-refractivity contribution in [2.24, 2.45) is 5.92 Å². The highest BCUT2D eigenvalue weighted by atomic mass is 35.5. The predicted molar refractivity (Wildman–Crippen MR) is 63.1 cm³/mol. The van der Waals surface area contributed by atoms with Crippen molar-refractivity contribution in [3.8, 4) is 0 Å². The Balaban J connectivity index is 2.14. The van der Waals surface area contributed by atoms with E-state index in [0.717, 1.165) is 6.42 Å². The molecule has 1 atom stereocenters. The molecule has 0 aromatic heterocycles. The zero-order chi connectivity index (χ0) is 11.7. The number of benzene rings is 1. The Morgan fingerprint density at radius 1 is 1.50 bits per heavy atom. The minimum atomic E-state index is -0.558. The Hall–Kier alpha value is -0.600. The van der Waals surface area contributed by atoms with Crippen LogP contribution < -0.4 is 0 Å². The quantitative estimate of drug-likeness (QED) is 0.849. The van der Waals surface area contributed by atoms with Crippen molar-refractivity contribution in [1.82, 2.24) is 0 Å². The summed E-state index contributed by atoms with van der Waals surface area (Å²) in [5.74, 6) is 0.293. The van der Waals surface area contributed by atoms with Gasteiger partial charge in [0.15, 0.2) is 0 Å². The number of rotatable bonds is 3. The van der Waals surface area contributed by atoms with E-state index in [-0.39, 0.29) is 5.82 Å². The van der Waals surface area contributed by atoms with Crippen LogP contribution in [0.15, 0.2) is 12.1 Å². The molecule has 1 fully saturated rings. The fraction of sp³-hybridized carbons (Fsp3) is 0.538. The molecule has 3 heteroatoms. The van der Waals surface area contributed by atoms with Gasteiger partial charge in [-0.15, -0.1) is 0 Å². The van der Waals surface area contributed by atoms with Gasteiger partial charge in [0, 0.05) is 5.02 Å². The van der Waals surface area contributed by atoms with E-state index in [1.54, 1.807) is 13.0 Å². The molecule has 1 aromatic carbocycles. The van der Waals surface area contributed by atoms with Crippen molar-refractivity contribution in [3.05, 3.63) is 34.1 Å². The maximum Gasteiger partial charge on any atom is 0.127 e. The number of halogens is 2. The number of aryl methyl sites for hydroxylation is 1. The minimum absolute atomic E-state index is 0.315. The molecule has 0 radical (unpaired) electrons. The Kier molecular flexibility index (Phi) is 3.50. The van der Waals surface area contributed by atoms with Gasteiger partial charge in [0.1, 0.15) is 5.82 Å². The molecule has 1 aliphatic carbocycles. The molecule has 2 rings (SSSR count). The van der Waals surface area contributed by atoms with E-state index in [1.807, 2.05) is 0 Å². The number of hydrogen-bond acceptors (Lipinski definition) is 1. The van der Waals surface area contributed by atoms with E-state index in [4.69, 9.17) is 11.6 Å². The number of aliphatic hydroxyl groups excluding tert-OH is 1. The lowest BCUT2D eigenvalue weighted by atomic mass is 9.80. The summed E-state index contributed by atoms with van der Waals surface area (Å²) in [7, 11) is 0. The van der Waals surface area contributed by atoms with Crippen LogP contribution in [0.2, 0.25) is 5.02 Å². The van der Waals surface area contributed by atoms with Crippen molar-refractivity contribution >= 4 is 11.6 Å². The van der Waals surface area contributed by atoms with Gasteiger partial charge in [0.25, 0.3) is 0 Å². The molecule has 0 amide bonds. The SMILES string of the molecule is Cc1cc(C(O)CC2CCC2)c(Cl)cc1F. The maximum atomic E-state index is 13.2. The van der Waals surface area contributed by atoms with Crippen molar-refractivity contribution in [2.45, 2.75) is 38.7 Å². The lowest BCUT2D eigenvalue weighted by Crippen LogP contribution is -2.15. The van der Waals surface area contributed by atoms with Crippen LogP contribution in [0.25, 0.3) is 0 Å². The molecule has 0 aliphatic heterocycles. The highest BCUT2D eigenvalue weighted by molar-refractivity contribution is 6.31. The fourth-order valence-corrected chi connectivity index (χ4v) is 2.38. The average Bonchev–Trinajstić information content (AvgIpc) is 2.17. The molecule has 1 saturated carbocycles. The minimum Gasteiger partial charge on any atom is -0.388 e. The normalized spacial score (nSPS) is 18.2. The summed E-state index contributed by atoms with van der Waals surface area (Å²) in [6.07, 6.45) is 3.82. The predicted octanol–water partition coefficient (Wildman–Crippen LogP) is 4.01. The van der Waals surface area contributed by atoms with Crippen LogP contribution in [0.5, 0.6) is 0 Å². The molecule has 1 nitrogen and oxygen atoms in total. The molecular weight excluding hydrogens is 227 g/mol. The van der Waals surface area contributed by atoms with Crippen molar-refractivity contribution < 1.29 is 9.50 Å². The maximum absolute atomic E-state index is 13.2. The van der Waals surface area contributed by atoms with Crippen LogP contribution in [0, 0.1) is 18.7 Å². The van der Waals surface area contributed by atoms with Crippen molar-refractivity contribution in [2.75, 3.05) is 0 Å². The Bertz CT molecular complexity index is 388. The van der Waals surface area contributed by atoms with Crippen molar-refractivity contribution in [3.63, 3.8) is 0 Å². The van der Waals surface area contributed by atoms with Crippen LogP contribution in [0.4, 0.5) is 4.39 Å². The highest BCUT2D eigenvalue weighted by Crippen LogP contribution is 2.37. The summed E-state index contributed by atoms with van der Waals surface area (Å²) in [6, 6.07) is 2.94. The highest BCUT2D eigenvalue weighted by Gasteiger charge is 2.23. The lowest BCUT2D eigenvalue weighted by Gasteiger charge is -2.28. The average molecular weight is 243 g/mol. The van der Waals surface area contributed by atoms with Gasteiger partial charge < -0.3 is 5.11 Å². The first-order valence-corrected chi connectivity index (χ1v) is 6.09. The van der Waals surface area contributed by atoms with Crippen LogP contribution in [-0.2, 0) is 0 Å². The summed E-state index contributed by atoms with van der Waals surface area (Å²) in [6.45, 7) is 1.69. The molecule has 1 unspecified atom stereocenters. The number of aliphatic hydroxyl groups is 1. The molecule has 1 aromatic rings. The largest absolute Gasteiger partial charge is 0.388 e.